The molecule has 4 nitrogen and oxygen atoms in total. The number of amides is 1. The number of ether oxygens (including phenoxy) is 1. The van der Waals surface area contributed by atoms with Crippen molar-refractivity contribution in [3.05, 3.63) is 14.7 Å². The maximum atomic E-state index is 11.8. The van der Waals surface area contributed by atoms with Gasteiger partial charge in [-0.25, -0.2) is 4.79 Å². The van der Waals surface area contributed by atoms with Crippen LogP contribution in [0.3, 0.4) is 0 Å². The van der Waals surface area contributed by atoms with Gasteiger partial charge in [0, 0.05) is 23.2 Å². The summed E-state index contributed by atoms with van der Waals surface area (Å²) in [5.41, 5.74) is 0.619. The fraction of sp³-hybridized carbons (Fsp3) is 0.400. The van der Waals surface area contributed by atoms with Gasteiger partial charge in [0.15, 0.2) is 0 Å². The van der Waals surface area contributed by atoms with Crippen molar-refractivity contribution in [2.75, 3.05) is 18.6 Å². The third-order valence-electron chi connectivity index (χ3n) is 2.44. The second-order valence-electron chi connectivity index (χ2n) is 3.56. The van der Waals surface area contributed by atoms with Crippen molar-refractivity contribution in [2.24, 2.45) is 0 Å². The summed E-state index contributed by atoms with van der Waals surface area (Å²) in [5, 5.41) is 1.79. The number of alkyl halides is 1. The van der Waals surface area contributed by atoms with E-state index in [-0.39, 0.29) is 10.7 Å². The maximum Gasteiger partial charge on any atom is 0.350 e. The molecule has 1 aliphatic rings. The number of anilines is 1. The standard InChI is InChI=1S/C10H9Br2NO3S/c1-16-10(15)9-8(6(12)4-17-9)13-3-5(11)2-7(13)14/h4-5H,2-3H2,1H3. The van der Waals surface area contributed by atoms with Crippen molar-refractivity contribution >= 4 is 60.8 Å². The average Bonchev–Trinajstić information content (AvgIpc) is 2.80. The molecule has 0 saturated carbocycles. The lowest BCUT2D eigenvalue weighted by Crippen LogP contribution is -2.26. The van der Waals surface area contributed by atoms with Crippen molar-refractivity contribution in [1.29, 1.82) is 0 Å². The smallest absolute Gasteiger partial charge is 0.350 e. The number of thiophene rings is 1. The molecule has 0 aliphatic carbocycles. The summed E-state index contributed by atoms with van der Waals surface area (Å²) >= 11 is 8.05. The highest BCUT2D eigenvalue weighted by Crippen LogP contribution is 2.39. The zero-order valence-corrected chi connectivity index (χ0v) is 12.9. The van der Waals surface area contributed by atoms with Gasteiger partial charge in [0.05, 0.1) is 17.3 Å². The van der Waals surface area contributed by atoms with Crippen LogP contribution in [0, 0.1) is 0 Å². The first-order valence-electron chi connectivity index (χ1n) is 4.84. The second kappa shape index (κ2) is 5.07. The largest absolute Gasteiger partial charge is 0.465 e. The molecule has 1 unspecified atom stereocenters. The third-order valence-corrected chi connectivity index (χ3v) is 4.91. The van der Waals surface area contributed by atoms with Crippen molar-refractivity contribution in [1.82, 2.24) is 0 Å². The lowest BCUT2D eigenvalue weighted by Gasteiger charge is -2.16. The number of hydrogen-bond donors (Lipinski definition) is 0. The number of methoxy groups -OCH3 is 1. The summed E-state index contributed by atoms with van der Waals surface area (Å²) in [6.45, 7) is 0.568. The van der Waals surface area contributed by atoms with Gasteiger partial charge < -0.3 is 9.64 Å². The van der Waals surface area contributed by atoms with E-state index in [1.807, 2.05) is 0 Å². The van der Waals surface area contributed by atoms with E-state index in [9.17, 15) is 9.59 Å². The molecule has 1 aliphatic heterocycles. The van der Waals surface area contributed by atoms with Crippen molar-refractivity contribution in [2.45, 2.75) is 11.2 Å². The number of halogens is 2. The number of rotatable bonds is 2. The molecular weight excluding hydrogens is 374 g/mol. The van der Waals surface area contributed by atoms with E-state index >= 15 is 0 Å². The van der Waals surface area contributed by atoms with Crippen LogP contribution in [0.15, 0.2) is 9.85 Å². The Bertz CT molecular complexity index is 474. The van der Waals surface area contributed by atoms with Crippen molar-refractivity contribution < 1.29 is 14.3 Å². The molecule has 1 atom stereocenters. The van der Waals surface area contributed by atoms with Gasteiger partial charge in [-0.1, -0.05) is 15.9 Å². The van der Waals surface area contributed by atoms with Gasteiger partial charge in [0.25, 0.3) is 0 Å². The Balaban J connectivity index is 2.41. The van der Waals surface area contributed by atoms with Gasteiger partial charge in [-0.05, 0) is 15.9 Å². The number of nitrogens with zero attached hydrogens (tertiary/aromatic N) is 1. The number of esters is 1. The van der Waals surface area contributed by atoms with Gasteiger partial charge in [0.1, 0.15) is 4.88 Å². The molecule has 0 aromatic carbocycles. The fourth-order valence-corrected chi connectivity index (χ4v) is 3.93. The van der Waals surface area contributed by atoms with E-state index < -0.39 is 5.97 Å². The molecule has 7 heteroatoms. The molecule has 2 rings (SSSR count). The summed E-state index contributed by atoms with van der Waals surface area (Å²) < 4.78 is 5.46. The zero-order chi connectivity index (χ0) is 12.6. The van der Waals surface area contributed by atoms with Gasteiger partial charge in [-0.15, -0.1) is 11.3 Å². The van der Waals surface area contributed by atoms with Gasteiger partial charge in [-0.2, -0.15) is 0 Å². The van der Waals surface area contributed by atoms with Gasteiger partial charge >= 0.3 is 5.97 Å². The SMILES string of the molecule is COC(=O)c1scc(Br)c1N1CC(Br)CC1=O. The van der Waals surface area contributed by atoms with Gasteiger partial charge in [0.2, 0.25) is 5.91 Å². The van der Waals surface area contributed by atoms with Crippen LogP contribution in [0.4, 0.5) is 5.69 Å². The number of hydrogen-bond acceptors (Lipinski definition) is 4. The Labute approximate surface area is 119 Å². The summed E-state index contributed by atoms with van der Waals surface area (Å²) in [5.74, 6) is -0.405. The predicted octanol–water partition coefficient (Wildman–Crippen LogP) is 2.80. The van der Waals surface area contributed by atoms with E-state index in [4.69, 9.17) is 4.74 Å². The van der Waals surface area contributed by atoms with Crippen LogP contribution in [-0.2, 0) is 9.53 Å². The van der Waals surface area contributed by atoms with Crippen LogP contribution >= 0.6 is 43.2 Å². The Morgan fingerprint density at radius 2 is 2.35 bits per heavy atom. The molecule has 1 aromatic heterocycles. The lowest BCUT2D eigenvalue weighted by atomic mass is 10.3. The molecule has 1 saturated heterocycles. The van der Waals surface area contributed by atoms with Crippen molar-refractivity contribution in [3.63, 3.8) is 0 Å². The number of carbonyl (C=O) groups is 2. The van der Waals surface area contributed by atoms with Crippen molar-refractivity contribution in [3.8, 4) is 0 Å². The first-order chi connectivity index (χ1) is 8.04. The zero-order valence-electron chi connectivity index (χ0n) is 8.91. The van der Waals surface area contributed by atoms with E-state index in [1.165, 1.54) is 18.4 Å². The van der Waals surface area contributed by atoms with Crippen LogP contribution in [0.5, 0.6) is 0 Å². The first kappa shape index (κ1) is 13.0. The minimum Gasteiger partial charge on any atom is -0.465 e. The molecular formula is C10H9Br2NO3S. The summed E-state index contributed by atoms with van der Waals surface area (Å²) in [4.78, 5) is 25.6. The van der Waals surface area contributed by atoms with E-state index in [0.29, 0.717) is 23.5 Å². The maximum absolute atomic E-state index is 11.8. The highest BCUT2D eigenvalue weighted by molar-refractivity contribution is 9.10. The van der Waals surface area contributed by atoms with E-state index in [0.717, 1.165) is 4.47 Å². The van der Waals surface area contributed by atoms with Crippen LogP contribution in [0.1, 0.15) is 16.1 Å². The molecule has 0 radical (unpaired) electrons. The quantitative estimate of drug-likeness (QED) is 0.583. The average molecular weight is 383 g/mol. The van der Waals surface area contributed by atoms with E-state index in [1.54, 1.807) is 10.3 Å². The Morgan fingerprint density at radius 3 is 2.88 bits per heavy atom. The molecule has 17 heavy (non-hydrogen) atoms. The molecule has 0 N–H and O–H groups in total. The Hall–Kier alpha value is -0.400. The monoisotopic (exact) mass is 381 g/mol. The summed E-state index contributed by atoms with van der Waals surface area (Å²) in [7, 11) is 1.33. The molecule has 1 amide bonds. The van der Waals surface area contributed by atoms with E-state index in [2.05, 4.69) is 31.9 Å². The summed E-state index contributed by atoms with van der Waals surface area (Å²) in [6, 6.07) is 0. The normalized spacial score (nSPS) is 19.8. The highest BCUT2D eigenvalue weighted by Gasteiger charge is 2.33. The molecule has 92 valence electrons. The molecule has 0 bridgehead atoms. The summed E-state index contributed by atoms with van der Waals surface area (Å²) in [6.07, 6.45) is 0.447. The Morgan fingerprint density at radius 1 is 1.65 bits per heavy atom. The Kier molecular flexibility index (Phi) is 3.89. The highest BCUT2D eigenvalue weighted by atomic mass is 79.9. The first-order valence-corrected chi connectivity index (χ1v) is 7.43. The fourth-order valence-electron chi connectivity index (χ4n) is 1.70. The molecule has 1 aromatic rings. The van der Waals surface area contributed by atoms with Crippen LogP contribution in [0.25, 0.3) is 0 Å². The number of carbonyl (C=O) groups excluding carboxylic acids is 2. The topological polar surface area (TPSA) is 46.6 Å². The third kappa shape index (κ3) is 2.41. The second-order valence-corrected chi connectivity index (χ2v) is 6.59. The van der Waals surface area contributed by atoms with Crippen LogP contribution in [-0.4, -0.2) is 30.4 Å². The molecule has 1 fully saturated rings. The van der Waals surface area contributed by atoms with Gasteiger partial charge in [-0.3, -0.25) is 4.79 Å². The predicted molar refractivity (Wildman–Crippen MR) is 73.0 cm³/mol. The van der Waals surface area contributed by atoms with Crippen LogP contribution < -0.4 is 4.90 Å². The molecule has 0 spiro atoms. The molecule has 2 heterocycles. The van der Waals surface area contributed by atoms with Crippen LogP contribution in [0.2, 0.25) is 0 Å². The minimum atomic E-state index is -0.415. The lowest BCUT2D eigenvalue weighted by molar-refractivity contribution is -0.117. The minimum absolute atomic E-state index is 0.0103.